The van der Waals surface area contributed by atoms with Crippen LogP contribution in [0.15, 0.2) is 216 Å². The molecule has 10 aromatic carbocycles. The molecule has 0 amide bonds. The van der Waals surface area contributed by atoms with Crippen molar-refractivity contribution in [2.24, 2.45) is 0 Å². The first-order valence-electron chi connectivity index (χ1n) is 24.2. The Morgan fingerprint density at radius 2 is 0.804 bits per heavy atom. The second-order valence-corrected chi connectivity index (χ2v) is 13.5. The van der Waals surface area contributed by atoms with Gasteiger partial charge in [0, 0.05) is 27.8 Å². The lowest BCUT2D eigenvalue weighted by atomic mass is 9.93. The summed E-state index contributed by atoms with van der Waals surface area (Å²) in [4.78, 5) is 0.856. The van der Waals surface area contributed by atoms with Crippen LogP contribution in [0.1, 0.15) is 16.4 Å². The Hall–Kier alpha value is -7.42. The van der Waals surface area contributed by atoms with E-state index >= 15 is 0 Å². The summed E-state index contributed by atoms with van der Waals surface area (Å²) in [5, 5.41) is 5.88. The van der Waals surface area contributed by atoms with E-state index in [0.29, 0.717) is 49.4 Å². The highest BCUT2D eigenvalue weighted by Crippen LogP contribution is 2.42. The van der Waals surface area contributed by atoms with Crippen LogP contribution in [0.3, 0.4) is 0 Å². The van der Waals surface area contributed by atoms with Crippen molar-refractivity contribution < 1.29 is 20.9 Å². The molecule has 0 spiro atoms. The van der Waals surface area contributed by atoms with Crippen molar-refractivity contribution in [2.45, 2.75) is 0 Å². The monoisotopic (exact) mass is 725 g/mol. The highest BCUT2D eigenvalue weighted by atomic mass is 16.3. The Labute approximate surface area is 342 Å². The minimum absolute atomic E-state index is 0.0473. The zero-order valence-electron chi connectivity index (χ0n) is 41.6. The Balaban J connectivity index is 1.23. The van der Waals surface area contributed by atoms with Crippen molar-refractivity contribution in [3.8, 4) is 33.4 Å². The fourth-order valence-corrected chi connectivity index (χ4v) is 7.68. The van der Waals surface area contributed by atoms with E-state index in [1.54, 1.807) is 54.6 Å². The van der Waals surface area contributed by atoms with Gasteiger partial charge in [0.15, 0.2) is 0 Å². The first-order chi connectivity index (χ1) is 32.8. The Morgan fingerprint density at radius 3 is 1.50 bits per heavy atom. The largest absolute Gasteiger partial charge is 0.456 e. The Bertz CT molecular complexity index is 3880. The number of rotatable bonds is 6. The summed E-state index contributed by atoms with van der Waals surface area (Å²) < 4.78 is 122. The third-order valence-electron chi connectivity index (χ3n) is 10.3. The maximum atomic E-state index is 9.74. The van der Waals surface area contributed by atoms with Gasteiger partial charge < -0.3 is 9.32 Å². The van der Waals surface area contributed by atoms with Crippen molar-refractivity contribution in [1.82, 2.24) is 0 Å². The smallest absolute Gasteiger partial charge is 0.136 e. The number of para-hydroxylation sites is 1. The van der Waals surface area contributed by atoms with E-state index in [1.807, 2.05) is 84.9 Å². The number of hydrogen-bond donors (Lipinski definition) is 0. The molecule has 0 N–H and O–H groups in total. The van der Waals surface area contributed by atoms with E-state index in [9.17, 15) is 16.4 Å². The summed E-state index contributed by atoms with van der Waals surface area (Å²) in [6.45, 7) is 0. The van der Waals surface area contributed by atoms with Crippen molar-refractivity contribution >= 4 is 71.3 Å². The van der Waals surface area contributed by atoms with E-state index < -0.39 is 89.6 Å². The van der Waals surface area contributed by atoms with Gasteiger partial charge in [0.2, 0.25) is 0 Å². The van der Waals surface area contributed by atoms with Gasteiger partial charge in [-0.25, -0.2) is 0 Å². The quantitative estimate of drug-likeness (QED) is 0.159. The molecule has 0 aliphatic heterocycles. The van der Waals surface area contributed by atoms with Crippen LogP contribution in [0.4, 0.5) is 17.1 Å². The minimum Gasteiger partial charge on any atom is -0.456 e. The van der Waals surface area contributed by atoms with Crippen LogP contribution in [0.25, 0.3) is 87.6 Å². The SMILES string of the molecule is [2H]c1c([2H])c(N(c2c([2H])c([2H])c(-c3cc4ccccc4c4ccccc34)c([2H])c2[2H])c2c([2H])c([2H])c(-c3cccc4oc5ccccc5c34)c([2H])c2[2H])c([2H])c([2H])c1-c1cccc2ccccc12. The molecular formula is C54H35NO. The van der Waals surface area contributed by atoms with Crippen LogP contribution < -0.4 is 4.90 Å². The molecule has 11 aromatic rings. The lowest BCUT2D eigenvalue weighted by molar-refractivity contribution is 0.669. The van der Waals surface area contributed by atoms with Crippen molar-refractivity contribution in [3.63, 3.8) is 0 Å². The molecular weight excluding hydrogens is 679 g/mol. The van der Waals surface area contributed by atoms with Gasteiger partial charge >= 0.3 is 0 Å². The summed E-state index contributed by atoms with van der Waals surface area (Å²) in [6.07, 6.45) is 0. The summed E-state index contributed by atoms with van der Waals surface area (Å²) >= 11 is 0. The molecule has 0 saturated carbocycles. The molecule has 2 heteroatoms. The number of furan rings is 1. The second-order valence-electron chi connectivity index (χ2n) is 13.5. The topological polar surface area (TPSA) is 16.4 Å². The number of fused-ring (bicyclic) bond motifs is 7. The molecule has 0 fully saturated rings. The van der Waals surface area contributed by atoms with Gasteiger partial charge in [-0.2, -0.15) is 0 Å². The van der Waals surface area contributed by atoms with Crippen LogP contribution in [0.2, 0.25) is 0 Å². The number of anilines is 3. The van der Waals surface area contributed by atoms with Crippen LogP contribution >= 0.6 is 0 Å². The van der Waals surface area contributed by atoms with Crippen molar-refractivity contribution in [1.29, 1.82) is 0 Å². The Morgan fingerprint density at radius 1 is 0.339 bits per heavy atom. The molecule has 0 saturated heterocycles. The summed E-state index contributed by atoms with van der Waals surface area (Å²) in [7, 11) is 0. The average molecular weight is 726 g/mol. The maximum absolute atomic E-state index is 9.74. The fraction of sp³-hybridized carbons (Fsp3) is 0. The maximum Gasteiger partial charge on any atom is 0.136 e. The van der Waals surface area contributed by atoms with Crippen molar-refractivity contribution in [3.05, 3.63) is 212 Å². The van der Waals surface area contributed by atoms with E-state index in [1.165, 1.54) is 0 Å². The van der Waals surface area contributed by atoms with Crippen LogP contribution in [-0.2, 0) is 0 Å². The normalized spacial score (nSPS) is 14.6. The summed E-state index contributed by atoms with van der Waals surface area (Å²) in [5.74, 6) is 0. The number of nitrogens with zero attached hydrogens (tertiary/aromatic N) is 1. The van der Waals surface area contributed by atoms with Gasteiger partial charge in [-0.1, -0.05) is 158 Å². The van der Waals surface area contributed by atoms with Gasteiger partial charge in [0.05, 0.1) is 16.4 Å². The highest BCUT2D eigenvalue weighted by molar-refractivity contribution is 6.14. The van der Waals surface area contributed by atoms with Crippen molar-refractivity contribution in [2.75, 3.05) is 4.90 Å². The van der Waals surface area contributed by atoms with Gasteiger partial charge in [0.1, 0.15) is 11.2 Å². The first kappa shape index (κ1) is 22.1. The molecule has 1 aromatic heterocycles. The van der Waals surface area contributed by atoms with Gasteiger partial charge in [0.25, 0.3) is 0 Å². The predicted octanol–water partition coefficient (Wildman–Crippen LogP) is 15.5. The average Bonchev–Trinajstić information content (AvgIpc) is 3.74. The van der Waals surface area contributed by atoms with Crippen LogP contribution in [0.5, 0.6) is 0 Å². The van der Waals surface area contributed by atoms with Crippen LogP contribution in [-0.4, -0.2) is 0 Å². The highest BCUT2D eigenvalue weighted by Gasteiger charge is 2.17. The molecule has 0 aliphatic rings. The molecule has 0 aliphatic carbocycles. The van der Waals surface area contributed by atoms with E-state index in [2.05, 4.69) is 0 Å². The summed E-state index contributed by atoms with van der Waals surface area (Å²) in [5.41, 5.74) is 0.172. The zero-order valence-corrected chi connectivity index (χ0v) is 29.6. The third kappa shape index (κ3) is 5.34. The Kier molecular flexibility index (Phi) is 5.19. The molecule has 0 unspecified atom stereocenters. The minimum atomic E-state index is -0.692. The molecule has 0 radical (unpaired) electrons. The number of hydrogen-bond acceptors (Lipinski definition) is 2. The molecule has 0 bridgehead atoms. The van der Waals surface area contributed by atoms with Gasteiger partial charge in [-0.15, -0.1) is 0 Å². The lowest BCUT2D eigenvalue weighted by Crippen LogP contribution is -2.09. The molecule has 262 valence electrons. The van der Waals surface area contributed by atoms with Gasteiger partial charge in [-0.05, 0) is 120 Å². The van der Waals surface area contributed by atoms with Gasteiger partial charge in [-0.3, -0.25) is 0 Å². The predicted molar refractivity (Wildman–Crippen MR) is 237 cm³/mol. The van der Waals surface area contributed by atoms with E-state index in [-0.39, 0.29) is 16.7 Å². The number of benzene rings is 10. The standard InChI is InChI=1S/C54H35NO/c1-3-14-44-36(11-1)13-9-19-45(44)37-23-29-41(30-24-37)55(42-31-25-38(26-32-42)47-20-10-22-53-54(47)50-18-7-8-21-52(50)56-53)43-33-27-39(28-34-43)51-35-40-12-2-4-15-46(40)48-16-5-6-17-49(48)51/h1-35H/i23D,24D,25D,26D,27D,28D,29D,30D,31D,32D,33D,34D. The summed E-state index contributed by atoms with van der Waals surface area (Å²) in [6, 6.07) is 34.6. The molecule has 1 heterocycles. The zero-order chi connectivity index (χ0) is 47.4. The molecule has 11 rings (SSSR count). The second kappa shape index (κ2) is 13.2. The van der Waals surface area contributed by atoms with E-state index in [0.717, 1.165) is 26.4 Å². The third-order valence-corrected chi connectivity index (χ3v) is 10.3. The lowest BCUT2D eigenvalue weighted by Gasteiger charge is -2.26. The molecule has 2 nitrogen and oxygen atoms in total. The van der Waals surface area contributed by atoms with Crippen LogP contribution in [0, 0.1) is 0 Å². The fourth-order valence-electron chi connectivity index (χ4n) is 7.68. The van der Waals surface area contributed by atoms with E-state index in [4.69, 9.17) is 4.42 Å². The molecule has 0 atom stereocenters. The molecule has 56 heavy (non-hydrogen) atoms. The first-order valence-corrected chi connectivity index (χ1v) is 18.2.